The van der Waals surface area contributed by atoms with Crippen LogP contribution >= 0.6 is 27.5 Å². The van der Waals surface area contributed by atoms with E-state index in [1.54, 1.807) is 12.1 Å². The first-order chi connectivity index (χ1) is 8.56. The average molecular weight is 332 g/mol. The van der Waals surface area contributed by atoms with Gasteiger partial charge in [0.05, 0.1) is 5.02 Å². The number of hydrogen-bond acceptors (Lipinski definition) is 1. The van der Waals surface area contributed by atoms with E-state index in [0.717, 1.165) is 4.47 Å². The standard InChI is InChI=1S/C12H9BrClFN2O/c13-8-1-2-10(15)7(3-8)5-17-12(18)11-4-9(14)6-16-11/h1-4,6,16H,5H2,(H,17,18). The summed E-state index contributed by atoms with van der Waals surface area (Å²) in [7, 11) is 0. The Bertz CT molecular complexity index is 585. The number of carbonyl (C=O) groups is 1. The highest BCUT2D eigenvalue weighted by Crippen LogP contribution is 2.15. The average Bonchev–Trinajstić information content (AvgIpc) is 2.77. The molecule has 0 spiro atoms. The summed E-state index contributed by atoms with van der Waals surface area (Å²) in [6, 6.07) is 6.08. The van der Waals surface area contributed by atoms with Gasteiger partial charge in [-0.25, -0.2) is 4.39 Å². The fourth-order valence-electron chi connectivity index (χ4n) is 1.45. The minimum absolute atomic E-state index is 0.112. The SMILES string of the molecule is O=C(NCc1cc(Br)ccc1F)c1cc(Cl)c[nH]1. The van der Waals surface area contributed by atoms with E-state index in [0.29, 0.717) is 16.3 Å². The van der Waals surface area contributed by atoms with Crippen molar-refractivity contribution in [3.8, 4) is 0 Å². The lowest BCUT2D eigenvalue weighted by molar-refractivity contribution is 0.0946. The third-order valence-electron chi connectivity index (χ3n) is 2.34. The lowest BCUT2D eigenvalue weighted by Gasteiger charge is -2.05. The molecule has 0 saturated carbocycles. The van der Waals surface area contributed by atoms with Gasteiger partial charge < -0.3 is 10.3 Å². The number of amides is 1. The molecular weight excluding hydrogens is 322 g/mol. The third-order valence-corrected chi connectivity index (χ3v) is 3.05. The molecule has 1 amide bonds. The number of rotatable bonds is 3. The van der Waals surface area contributed by atoms with Crippen molar-refractivity contribution in [2.45, 2.75) is 6.54 Å². The minimum atomic E-state index is -0.358. The highest BCUT2D eigenvalue weighted by molar-refractivity contribution is 9.10. The highest BCUT2D eigenvalue weighted by Gasteiger charge is 2.09. The van der Waals surface area contributed by atoms with Gasteiger partial charge in [-0.15, -0.1) is 0 Å². The van der Waals surface area contributed by atoms with E-state index in [4.69, 9.17) is 11.6 Å². The Balaban J connectivity index is 2.03. The number of nitrogens with one attached hydrogen (secondary N) is 2. The zero-order valence-corrected chi connectivity index (χ0v) is 11.5. The molecule has 1 heterocycles. The summed E-state index contributed by atoms with van der Waals surface area (Å²) in [4.78, 5) is 14.4. The van der Waals surface area contributed by atoms with E-state index in [9.17, 15) is 9.18 Å². The van der Waals surface area contributed by atoms with Crippen LogP contribution in [0.3, 0.4) is 0 Å². The van der Waals surface area contributed by atoms with Gasteiger partial charge in [-0.3, -0.25) is 4.79 Å². The number of aromatic amines is 1. The van der Waals surface area contributed by atoms with Gasteiger partial charge in [0.2, 0.25) is 0 Å². The third kappa shape index (κ3) is 3.11. The lowest BCUT2D eigenvalue weighted by atomic mass is 10.2. The number of benzene rings is 1. The summed E-state index contributed by atoms with van der Waals surface area (Å²) in [5.74, 6) is -0.690. The molecule has 18 heavy (non-hydrogen) atoms. The molecular formula is C12H9BrClFN2O. The van der Waals surface area contributed by atoms with E-state index in [1.165, 1.54) is 18.3 Å². The zero-order chi connectivity index (χ0) is 13.1. The van der Waals surface area contributed by atoms with E-state index >= 15 is 0 Å². The molecule has 0 bridgehead atoms. The van der Waals surface area contributed by atoms with Gasteiger partial charge >= 0.3 is 0 Å². The second-order valence-corrected chi connectivity index (χ2v) is 5.00. The molecule has 3 nitrogen and oxygen atoms in total. The van der Waals surface area contributed by atoms with Crippen LogP contribution in [0.25, 0.3) is 0 Å². The summed E-state index contributed by atoms with van der Waals surface area (Å²) < 4.78 is 14.2. The molecule has 2 aromatic rings. The first-order valence-electron chi connectivity index (χ1n) is 5.12. The normalized spacial score (nSPS) is 10.4. The number of halogens is 3. The predicted molar refractivity (Wildman–Crippen MR) is 71.1 cm³/mol. The van der Waals surface area contributed by atoms with Crippen molar-refractivity contribution < 1.29 is 9.18 Å². The summed E-state index contributed by atoms with van der Waals surface area (Å²) in [5, 5.41) is 3.06. The molecule has 0 fully saturated rings. The lowest BCUT2D eigenvalue weighted by Crippen LogP contribution is -2.23. The maximum absolute atomic E-state index is 13.4. The van der Waals surface area contributed by atoms with E-state index in [1.807, 2.05) is 0 Å². The molecule has 0 aliphatic carbocycles. The largest absolute Gasteiger partial charge is 0.356 e. The van der Waals surface area contributed by atoms with Crippen LogP contribution in [0.1, 0.15) is 16.1 Å². The van der Waals surface area contributed by atoms with Crippen molar-refractivity contribution in [2.75, 3.05) is 0 Å². The van der Waals surface area contributed by atoms with Crippen LogP contribution in [0, 0.1) is 5.82 Å². The zero-order valence-electron chi connectivity index (χ0n) is 9.14. The van der Waals surface area contributed by atoms with E-state index in [-0.39, 0.29) is 18.3 Å². The van der Waals surface area contributed by atoms with Crippen LogP contribution in [0.4, 0.5) is 4.39 Å². The Morgan fingerprint density at radius 1 is 1.44 bits per heavy atom. The molecule has 1 aromatic carbocycles. The van der Waals surface area contributed by atoms with Crippen LogP contribution in [-0.2, 0) is 6.54 Å². The van der Waals surface area contributed by atoms with Crippen LogP contribution in [0.15, 0.2) is 34.9 Å². The topological polar surface area (TPSA) is 44.9 Å². The summed E-state index contributed by atoms with van der Waals surface area (Å²) >= 11 is 8.94. The van der Waals surface area contributed by atoms with E-state index in [2.05, 4.69) is 26.2 Å². The van der Waals surface area contributed by atoms with Gasteiger partial charge in [-0.1, -0.05) is 27.5 Å². The molecule has 2 N–H and O–H groups in total. The van der Waals surface area contributed by atoms with Gasteiger partial charge in [-0.05, 0) is 24.3 Å². The molecule has 2 rings (SSSR count). The van der Waals surface area contributed by atoms with Gasteiger partial charge in [0.25, 0.3) is 5.91 Å². The van der Waals surface area contributed by atoms with Crippen LogP contribution in [-0.4, -0.2) is 10.9 Å². The molecule has 0 aliphatic rings. The van der Waals surface area contributed by atoms with Crippen molar-refractivity contribution in [3.05, 3.63) is 57.0 Å². The monoisotopic (exact) mass is 330 g/mol. The van der Waals surface area contributed by atoms with Crippen molar-refractivity contribution in [3.63, 3.8) is 0 Å². The number of aromatic nitrogens is 1. The smallest absolute Gasteiger partial charge is 0.268 e. The Morgan fingerprint density at radius 3 is 2.89 bits per heavy atom. The van der Waals surface area contributed by atoms with Crippen LogP contribution in [0.5, 0.6) is 0 Å². The summed E-state index contributed by atoms with van der Waals surface area (Å²) in [6.07, 6.45) is 1.51. The molecule has 0 atom stereocenters. The fourth-order valence-corrected chi connectivity index (χ4v) is 2.02. The first kappa shape index (κ1) is 13.1. The first-order valence-corrected chi connectivity index (χ1v) is 6.29. The van der Waals surface area contributed by atoms with Gasteiger partial charge in [0, 0.05) is 22.8 Å². The second-order valence-electron chi connectivity index (χ2n) is 3.65. The Labute approximate surface area is 116 Å². The van der Waals surface area contributed by atoms with Crippen molar-refractivity contribution >= 4 is 33.4 Å². The van der Waals surface area contributed by atoms with Gasteiger partial charge in [0.1, 0.15) is 11.5 Å². The van der Waals surface area contributed by atoms with Gasteiger partial charge in [-0.2, -0.15) is 0 Å². The Hall–Kier alpha value is -1.33. The molecule has 0 aliphatic heterocycles. The Morgan fingerprint density at radius 2 is 2.22 bits per heavy atom. The maximum Gasteiger partial charge on any atom is 0.268 e. The van der Waals surface area contributed by atoms with Crippen LogP contribution < -0.4 is 5.32 Å². The quantitative estimate of drug-likeness (QED) is 0.888. The van der Waals surface area contributed by atoms with E-state index < -0.39 is 0 Å². The maximum atomic E-state index is 13.4. The predicted octanol–water partition coefficient (Wildman–Crippen LogP) is 3.50. The fraction of sp³-hybridized carbons (Fsp3) is 0.0833. The Kier molecular flexibility index (Phi) is 4.04. The number of H-pyrrole nitrogens is 1. The second kappa shape index (κ2) is 5.54. The van der Waals surface area contributed by atoms with Crippen molar-refractivity contribution in [2.24, 2.45) is 0 Å². The van der Waals surface area contributed by atoms with Crippen LogP contribution in [0.2, 0.25) is 5.02 Å². The molecule has 0 radical (unpaired) electrons. The molecule has 0 saturated heterocycles. The summed E-state index contributed by atoms with van der Waals surface area (Å²) in [6.45, 7) is 0.112. The molecule has 0 unspecified atom stereocenters. The minimum Gasteiger partial charge on any atom is -0.356 e. The summed E-state index contributed by atoms with van der Waals surface area (Å²) in [5.41, 5.74) is 0.755. The van der Waals surface area contributed by atoms with Crippen molar-refractivity contribution in [1.29, 1.82) is 0 Å². The molecule has 6 heteroatoms. The molecule has 1 aromatic heterocycles. The highest BCUT2D eigenvalue weighted by atomic mass is 79.9. The van der Waals surface area contributed by atoms with Crippen molar-refractivity contribution in [1.82, 2.24) is 10.3 Å². The number of carbonyl (C=O) groups excluding carboxylic acids is 1. The number of hydrogen-bond donors (Lipinski definition) is 2. The van der Waals surface area contributed by atoms with Gasteiger partial charge in [0.15, 0.2) is 0 Å². The molecule has 94 valence electrons.